The molecule has 0 aromatic heterocycles. The highest BCUT2D eigenvalue weighted by molar-refractivity contribution is 5.32. The lowest BCUT2D eigenvalue weighted by Crippen LogP contribution is -1.97. The average Bonchev–Trinajstić information content (AvgIpc) is 2.85. The van der Waals surface area contributed by atoms with Crippen molar-refractivity contribution in [1.29, 1.82) is 0 Å². The van der Waals surface area contributed by atoms with Crippen LogP contribution >= 0.6 is 0 Å². The number of allylic oxidation sites excluding steroid dienone is 14. The Kier molecular flexibility index (Phi) is 52.4. The quantitative estimate of drug-likeness (QED) is 0.249. The molecule has 0 nitrogen and oxygen atoms in total. The van der Waals surface area contributed by atoms with Gasteiger partial charge in [-0.2, -0.15) is 0 Å². The molecule has 0 heteroatoms. The van der Waals surface area contributed by atoms with Crippen molar-refractivity contribution in [3.63, 3.8) is 0 Å². The van der Waals surface area contributed by atoms with Crippen molar-refractivity contribution in [1.82, 2.24) is 0 Å². The molecule has 0 amide bonds. The van der Waals surface area contributed by atoms with Gasteiger partial charge in [0.25, 0.3) is 0 Å². The lowest BCUT2D eigenvalue weighted by atomic mass is 9.89. The lowest BCUT2D eigenvalue weighted by Gasteiger charge is -2.17. The van der Waals surface area contributed by atoms with Crippen LogP contribution in [0.3, 0.4) is 0 Å². The van der Waals surface area contributed by atoms with Crippen LogP contribution in [0, 0.1) is 0 Å². The Balaban J connectivity index is -0.0000000816. The molecule has 0 N–H and O–H groups in total. The SMILES string of the molecule is C=C(C)C.C=C(C)C1=C(C)CCCC1.C=CC(=C)C.C=CC=C.C=CC=CC.C=CCC.CC(C)=C(C)C. The van der Waals surface area contributed by atoms with Crippen LogP contribution in [0.4, 0.5) is 0 Å². The van der Waals surface area contributed by atoms with Gasteiger partial charge in [0.15, 0.2) is 0 Å². The van der Waals surface area contributed by atoms with E-state index in [2.05, 4.69) is 101 Å². The van der Waals surface area contributed by atoms with E-state index in [1.165, 1.54) is 53.5 Å². The first-order valence-corrected chi connectivity index (χ1v) is 13.5. The summed E-state index contributed by atoms with van der Waals surface area (Å²) in [6.45, 7) is 50.9. The van der Waals surface area contributed by atoms with E-state index in [-0.39, 0.29) is 0 Å². The van der Waals surface area contributed by atoms with Gasteiger partial charge in [-0.25, -0.2) is 0 Å². The highest BCUT2D eigenvalue weighted by atomic mass is 14.1. The van der Waals surface area contributed by atoms with Crippen molar-refractivity contribution in [3.8, 4) is 0 Å². The molecule has 0 aromatic carbocycles. The fourth-order valence-electron chi connectivity index (χ4n) is 1.77. The van der Waals surface area contributed by atoms with Crippen LogP contribution in [0.25, 0.3) is 0 Å². The average molecular weight is 523 g/mol. The van der Waals surface area contributed by atoms with E-state index in [4.69, 9.17) is 0 Å². The fraction of sp³-hybridized carbons (Fsp3) is 0.421. The Morgan fingerprint density at radius 2 is 1.05 bits per heavy atom. The van der Waals surface area contributed by atoms with Crippen molar-refractivity contribution in [2.45, 2.75) is 108 Å². The Labute approximate surface area is 242 Å². The molecule has 0 heterocycles. The Bertz CT molecular complexity index is 713. The Hall–Kier alpha value is -2.86. The van der Waals surface area contributed by atoms with Crippen molar-refractivity contribution in [2.24, 2.45) is 0 Å². The molecule has 0 saturated carbocycles. The van der Waals surface area contributed by atoms with Crippen LogP contribution in [0.1, 0.15) is 108 Å². The molecular formula is C38H66. The normalized spacial score (nSPS) is 10.3. The topological polar surface area (TPSA) is 0 Å². The molecule has 0 radical (unpaired) electrons. The molecule has 1 aliphatic rings. The second kappa shape index (κ2) is 41.3. The number of hydrogen-bond donors (Lipinski definition) is 0. The largest absolute Gasteiger partial charge is 0.103 e. The zero-order valence-electron chi connectivity index (χ0n) is 27.7. The van der Waals surface area contributed by atoms with E-state index in [1.54, 1.807) is 29.9 Å². The third-order valence-electron chi connectivity index (χ3n) is 4.39. The molecule has 0 atom stereocenters. The molecule has 0 spiro atoms. The maximum atomic E-state index is 3.97. The summed E-state index contributed by atoms with van der Waals surface area (Å²) in [5, 5.41) is 0. The minimum Gasteiger partial charge on any atom is -0.103 e. The predicted octanol–water partition coefficient (Wildman–Crippen LogP) is 13.8. The third-order valence-corrected chi connectivity index (χ3v) is 4.39. The summed E-state index contributed by atoms with van der Waals surface area (Å²) in [7, 11) is 0. The van der Waals surface area contributed by atoms with E-state index in [1.807, 2.05) is 45.9 Å². The minimum atomic E-state index is 1.02. The molecule has 0 aromatic rings. The standard InChI is InChI=1S/C10H16.C6H12.2C5H8.2C4H8.C4H6/c1-8(2)10-7-5-4-6-9(10)3;1-5(2)6(3)4;1-4-5(2)3;1-3-5-4-2;1-4(2)3;2*1-3-4-2/h1,4-7H2,2-3H3;1-4H3;4H,1-2H2,3H3;3-5H,1H2,2H3;1H2,2-3H3;3H,1,4H2,2H3;3-4H,1-2H2. The lowest BCUT2D eigenvalue weighted by molar-refractivity contribution is 0.677. The second-order valence-corrected chi connectivity index (χ2v) is 9.43. The summed E-state index contributed by atoms with van der Waals surface area (Å²) in [5.74, 6) is 0. The maximum absolute atomic E-state index is 3.97. The molecule has 0 aliphatic heterocycles. The highest BCUT2D eigenvalue weighted by Crippen LogP contribution is 2.28. The van der Waals surface area contributed by atoms with E-state index in [0.717, 1.165) is 12.0 Å². The zero-order chi connectivity index (χ0) is 31.5. The Morgan fingerprint density at radius 3 is 1.16 bits per heavy atom. The molecule has 38 heavy (non-hydrogen) atoms. The van der Waals surface area contributed by atoms with Crippen LogP contribution in [0.2, 0.25) is 0 Å². The molecule has 0 fully saturated rings. The van der Waals surface area contributed by atoms with Crippen LogP contribution < -0.4 is 0 Å². The second-order valence-electron chi connectivity index (χ2n) is 9.43. The molecule has 1 aliphatic carbocycles. The summed E-state index contributed by atoms with van der Waals surface area (Å²) >= 11 is 0. The molecule has 0 saturated heterocycles. The molecule has 0 bridgehead atoms. The van der Waals surface area contributed by atoms with E-state index >= 15 is 0 Å². The molecular weight excluding hydrogens is 456 g/mol. The van der Waals surface area contributed by atoms with Crippen molar-refractivity contribution in [3.05, 3.63) is 134 Å². The maximum Gasteiger partial charge on any atom is -0.0277 e. The van der Waals surface area contributed by atoms with Crippen molar-refractivity contribution >= 4 is 0 Å². The van der Waals surface area contributed by atoms with Gasteiger partial charge in [0.2, 0.25) is 0 Å². The van der Waals surface area contributed by atoms with Gasteiger partial charge < -0.3 is 0 Å². The monoisotopic (exact) mass is 523 g/mol. The van der Waals surface area contributed by atoms with Crippen LogP contribution in [0.5, 0.6) is 0 Å². The smallest absolute Gasteiger partial charge is 0.0277 e. The van der Waals surface area contributed by atoms with Gasteiger partial charge in [0, 0.05) is 0 Å². The van der Waals surface area contributed by atoms with Gasteiger partial charge in [-0.3, -0.25) is 0 Å². The Morgan fingerprint density at radius 1 is 0.711 bits per heavy atom. The molecule has 218 valence electrons. The van der Waals surface area contributed by atoms with Gasteiger partial charge in [-0.05, 0) is 107 Å². The first-order valence-electron chi connectivity index (χ1n) is 13.5. The van der Waals surface area contributed by atoms with Crippen LogP contribution in [0.15, 0.2) is 134 Å². The molecule has 0 unspecified atom stereocenters. The van der Waals surface area contributed by atoms with E-state index in [0.29, 0.717) is 0 Å². The summed E-state index contributed by atoms with van der Waals surface area (Å²) < 4.78 is 0. The van der Waals surface area contributed by atoms with Crippen molar-refractivity contribution < 1.29 is 0 Å². The summed E-state index contributed by atoms with van der Waals surface area (Å²) in [4.78, 5) is 0. The van der Waals surface area contributed by atoms with Gasteiger partial charge in [-0.1, -0.05) is 122 Å². The summed E-state index contributed by atoms with van der Waals surface area (Å²) in [6.07, 6.45) is 18.8. The van der Waals surface area contributed by atoms with Crippen molar-refractivity contribution in [2.75, 3.05) is 0 Å². The number of rotatable bonds is 5. The zero-order valence-corrected chi connectivity index (χ0v) is 27.7. The van der Waals surface area contributed by atoms with Crippen LogP contribution in [-0.4, -0.2) is 0 Å². The third kappa shape index (κ3) is 69.8. The summed E-state index contributed by atoms with van der Waals surface area (Å²) in [6, 6.07) is 0. The minimum absolute atomic E-state index is 1.02. The van der Waals surface area contributed by atoms with E-state index in [9.17, 15) is 0 Å². The first-order chi connectivity index (χ1) is 17.6. The van der Waals surface area contributed by atoms with E-state index < -0.39 is 0 Å². The van der Waals surface area contributed by atoms with Gasteiger partial charge in [0.1, 0.15) is 0 Å². The van der Waals surface area contributed by atoms with Gasteiger partial charge in [0.05, 0.1) is 0 Å². The molecule has 1 rings (SSSR count). The van der Waals surface area contributed by atoms with Crippen LogP contribution in [-0.2, 0) is 0 Å². The van der Waals surface area contributed by atoms with Gasteiger partial charge in [-0.15, -0.1) is 13.2 Å². The fourth-order valence-corrected chi connectivity index (χ4v) is 1.77. The predicted molar refractivity (Wildman–Crippen MR) is 187 cm³/mol. The van der Waals surface area contributed by atoms with Gasteiger partial charge >= 0.3 is 0 Å². The summed E-state index contributed by atoms with van der Waals surface area (Å²) in [5.41, 5.74) is 9.41. The first kappa shape index (κ1) is 48.2. The number of hydrogen-bond acceptors (Lipinski definition) is 0. The highest BCUT2D eigenvalue weighted by Gasteiger charge is 2.08.